The van der Waals surface area contributed by atoms with E-state index >= 15 is 0 Å². The minimum atomic E-state index is -4.78. The van der Waals surface area contributed by atoms with Crippen LogP contribution in [-0.2, 0) is 0 Å². The van der Waals surface area contributed by atoms with Gasteiger partial charge in [-0.1, -0.05) is 0 Å². The SMILES string of the molecule is O=Cc1ccc(-c2cc(OC(F)(F)F)cc(Br)c2I)o1. The third-order valence-corrected chi connectivity index (χ3v) is 4.77. The van der Waals surface area contributed by atoms with E-state index in [0.29, 0.717) is 19.9 Å². The zero-order chi connectivity index (χ0) is 14.9. The highest BCUT2D eigenvalue weighted by Gasteiger charge is 2.31. The molecule has 0 bridgehead atoms. The van der Waals surface area contributed by atoms with Gasteiger partial charge in [0.25, 0.3) is 0 Å². The monoisotopic (exact) mass is 460 g/mol. The van der Waals surface area contributed by atoms with Gasteiger partial charge in [0.05, 0.1) is 0 Å². The van der Waals surface area contributed by atoms with E-state index in [2.05, 4.69) is 20.7 Å². The van der Waals surface area contributed by atoms with Gasteiger partial charge in [-0.15, -0.1) is 13.2 Å². The molecule has 0 fully saturated rings. The second-order valence-corrected chi connectivity index (χ2v) is 5.57. The van der Waals surface area contributed by atoms with E-state index in [-0.39, 0.29) is 17.3 Å². The zero-order valence-electron chi connectivity index (χ0n) is 9.50. The Bertz CT molecular complexity index is 652. The molecule has 1 aromatic heterocycles. The van der Waals surface area contributed by atoms with E-state index in [4.69, 9.17) is 4.42 Å². The van der Waals surface area contributed by atoms with E-state index in [0.717, 1.165) is 0 Å². The van der Waals surface area contributed by atoms with Crippen LogP contribution in [0.3, 0.4) is 0 Å². The number of alkyl halides is 3. The average molecular weight is 461 g/mol. The van der Waals surface area contributed by atoms with Gasteiger partial charge in [0.1, 0.15) is 11.5 Å². The summed E-state index contributed by atoms with van der Waals surface area (Å²) in [6.45, 7) is 0. The molecule has 3 nitrogen and oxygen atoms in total. The summed E-state index contributed by atoms with van der Waals surface area (Å²) in [5.41, 5.74) is 0.396. The predicted octanol–water partition coefficient (Wildman–Crippen LogP) is 5.02. The van der Waals surface area contributed by atoms with Gasteiger partial charge >= 0.3 is 6.36 Å². The molecule has 0 aliphatic rings. The topological polar surface area (TPSA) is 39.4 Å². The number of carbonyl (C=O) groups excluding carboxylic acids is 1. The number of furan rings is 1. The Morgan fingerprint density at radius 2 is 2.00 bits per heavy atom. The number of hydrogen-bond acceptors (Lipinski definition) is 3. The first-order chi connectivity index (χ1) is 9.30. The highest BCUT2D eigenvalue weighted by Crippen LogP contribution is 2.37. The van der Waals surface area contributed by atoms with Crippen LogP contribution >= 0.6 is 38.5 Å². The standard InChI is InChI=1S/C12H5BrF3IO3/c13-9-4-7(20-12(14,15)16)3-8(11(9)17)10-2-1-6(5-18)19-10/h1-5H. The molecule has 0 N–H and O–H groups in total. The lowest BCUT2D eigenvalue weighted by atomic mass is 10.1. The fraction of sp³-hybridized carbons (Fsp3) is 0.0833. The molecule has 0 aliphatic heterocycles. The van der Waals surface area contributed by atoms with Crippen LogP contribution in [0.15, 0.2) is 33.2 Å². The first-order valence-corrected chi connectivity index (χ1v) is 6.97. The van der Waals surface area contributed by atoms with Gasteiger partial charge in [0.2, 0.25) is 0 Å². The van der Waals surface area contributed by atoms with Gasteiger partial charge in [-0.3, -0.25) is 4.79 Å². The first kappa shape index (κ1) is 15.4. The number of halogens is 5. The van der Waals surface area contributed by atoms with Crippen molar-refractivity contribution in [1.82, 2.24) is 0 Å². The van der Waals surface area contributed by atoms with E-state index in [1.165, 1.54) is 24.3 Å². The molecular formula is C12H5BrF3IO3. The summed E-state index contributed by atoms with van der Waals surface area (Å²) < 4.78 is 46.9. The van der Waals surface area contributed by atoms with Crippen LogP contribution < -0.4 is 4.74 Å². The highest BCUT2D eigenvalue weighted by molar-refractivity contribution is 14.1. The van der Waals surface area contributed by atoms with Crippen molar-refractivity contribution in [2.45, 2.75) is 6.36 Å². The van der Waals surface area contributed by atoms with Gasteiger partial charge in [-0.2, -0.15) is 0 Å². The summed E-state index contributed by atoms with van der Waals surface area (Å²) in [7, 11) is 0. The predicted molar refractivity (Wildman–Crippen MR) is 76.6 cm³/mol. The van der Waals surface area contributed by atoms with Crippen molar-refractivity contribution in [3.05, 3.63) is 38.1 Å². The molecule has 8 heteroatoms. The highest BCUT2D eigenvalue weighted by atomic mass is 127. The van der Waals surface area contributed by atoms with E-state index in [1.54, 1.807) is 0 Å². The Hall–Kier alpha value is -1.03. The lowest BCUT2D eigenvalue weighted by molar-refractivity contribution is -0.274. The normalized spacial score (nSPS) is 11.4. The smallest absolute Gasteiger partial charge is 0.453 e. The van der Waals surface area contributed by atoms with Crippen LogP contribution in [0.1, 0.15) is 10.6 Å². The molecule has 0 saturated carbocycles. The summed E-state index contributed by atoms with van der Waals surface area (Å²) >= 11 is 5.11. The van der Waals surface area contributed by atoms with Crippen molar-refractivity contribution in [2.75, 3.05) is 0 Å². The molecule has 0 unspecified atom stereocenters. The number of carbonyl (C=O) groups is 1. The quantitative estimate of drug-likeness (QED) is 0.476. The second kappa shape index (κ2) is 5.76. The third kappa shape index (κ3) is 3.54. The molecule has 106 valence electrons. The fourth-order valence-electron chi connectivity index (χ4n) is 1.50. The van der Waals surface area contributed by atoms with Crippen LogP contribution in [0.5, 0.6) is 5.75 Å². The fourth-order valence-corrected chi connectivity index (χ4v) is 2.51. The van der Waals surface area contributed by atoms with E-state index < -0.39 is 6.36 Å². The second-order valence-electron chi connectivity index (χ2n) is 3.63. The minimum Gasteiger partial charge on any atom is -0.453 e. The molecule has 0 atom stereocenters. The van der Waals surface area contributed by atoms with Crippen molar-refractivity contribution in [2.24, 2.45) is 0 Å². The summed E-state index contributed by atoms with van der Waals surface area (Å²) in [4.78, 5) is 10.6. The average Bonchev–Trinajstić information content (AvgIpc) is 2.80. The Labute approximate surface area is 133 Å². The summed E-state index contributed by atoms with van der Waals surface area (Å²) in [6, 6.07) is 5.35. The number of hydrogen-bond donors (Lipinski definition) is 0. The Morgan fingerprint density at radius 3 is 2.55 bits per heavy atom. The number of benzene rings is 1. The lowest BCUT2D eigenvalue weighted by Gasteiger charge is -2.12. The summed E-state index contributed by atoms with van der Waals surface area (Å²) in [5, 5.41) is 0. The molecule has 0 radical (unpaired) electrons. The van der Waals surface area contributed by atoms with Crippen molar-refractivity contribution in [3.63, 3.8) is 0 Å². The van der Waals surface area contributed by atoms with Gasteiger partial charge in [0, 0.05) is 13.6 Å². The van der Waals surface area contributed by atoms with Crippen molar-refractivity contribution >= 4 is 44.8 Å². The molecule has 0 amide bonds. The van der Waals surface area contributed by atoms with Crippen LogP contribution in [0, 0.1) is 3.57 Å². The van der Waals surface area contributed by atoms with Crippen molar-refractivity contribution in [3.8, 4) is 17.1 Å². The van der Waals surface area contributed by atoms with Gasteiger partial charge in [-0.25, -0.2) is 0 Å². The van der Waals surface area contributed by atoms with Crippen LogP contribution in [0.2, 0.25) is 0 Å². The molecule has 0 spiro atoms. The molecule has 0 saturated heterocycles. The Balaban J connectivity index is 2.49. The van der Waals surface area contributed by atoms with E-state index in [1.807, 2.05) is 22.6 Å². The summed E-state index contributed by atoms with van der Waals surface area (Å²) in [5.74, 6) is 0.00253. The maximum Gasteiger partial charge on any atom is 0.573 e. The molecule has 1 aromatic carbocycles. The number of ether oxygens (including phenoxy) is 1. The Morgan fingerprint density at radius 1 is 1.30 bits per heavy atom. The zero-order valence-corrected chi connectivity index (χ0v) is 13.2. The van der Waals surface area contributed by atoms with Gasteiger partial charge < -0.3 is 9.15 Å². The lowest BCUT2D eigenvalue weighted by Crippen LogP contribution is -2.17. The molecule has 2 aromatic rings. The molecule has 2 rings (SSSR count). The van der Waals surface area contributed by atoms with Gasteiger partial charge in [0.15, 0.2) is 12.0 Å². The first-order valence-electron chi connectivity index (χ1n) is 5.10. The van der Waals surface area contributed by atoms with Crippen LogP contribution in [0.4, 0.5) is 13.2 Å². The third-order valence-electron chi connectivity index (χ3n) is 2.24. The van der Waals surface area contributed by atoms with E-state index in [9.17, 15) is 18.0 Å². The maximum absolute atomic E-state index is 12.3. The molecule has 1 heterocycles. The molecular weight excluding hydrogens is 456 g/mol. The maximum atomic E-state index is 12.3. The van der Waals surface area contributed by atoms with Crippen molar-refractivity contribution in [1.29, 1.82) is 0 Å². The van der Waals surface area contributed by atoms with Crippen LogP contribution in [-0.4, -0.2) is 12.6 Å². The summed E-state index contributed by atoms with van der Waals surface area (Å²) in [6.07, 6.45) is -4.26. The number of rotatable bonds is 3. The van der Waals surface area contributed by atoms with Crippen LogP contribution in [0.25, 0.3) is 11.3 Å². The number of aldehydes is 1. The van der Waals surface area contributed by atoms with Crippen molar-refractivity contribution < 1.29 is 27.1 Å². The molecule has 20 heavy (non-hydrogen) atoms. The minimum absolute atomic E-state index is 0.0917. The largest absolute Gasteiger partial charge is 0.573 e. The molecule has 0 aliphatic carbocycles. The Kier molecular flexibility index (Phi) is 4.43. The van der Waals surface area contributed by atoms with Gasteiger partial charge in [-0.05, 0) is 62.8 Å².